The van der Waals surface area contributed by atoms with Crippen LogP contribution < -0.4 is 5.32 Å². The van der Waals surface area contributed by atoms with Crippen LogP contribution in [-0.2, 0) is 6.54 Å². The van der Waals surface area contributed by atoms with Gasteiger partial charge in [-0.1, -0.05) is 25.4 Å². The predicted molar refractivity (Wildman–Crippen MR) is 112 cm³/mol. The maximum absolute atomic E-state index is 14.9. The molecule has 6 nitrogen and oxygen atoms in total. The number of pyridine rings is 2. The van der Waals surface area contributed by atoms with Gasteiger partial charge in [0, 0.05) is 61.3 Å². The van der Waals surface area contributed by atoms with Crippen LogP contribution in [0.2, 0.25) is 5.15 Å². The van der Waals surface area contributed by atoms with E-state index in [0.29, 0.717) is 35.9 Å². The average Bonchev–Trinajstić information content (AvgIpc) is 2.88. The van der Waals surface area contributed by atoms with Gasteiger partial charge in [-0.2, -0.15) is 0 Å². The Hall–Kier alpha value is -1.80. The third-order valence-electron chi connectivity index (χ3n) is 5.36. The number of aliphatic hydroxyl groups is 2. The first kappa shape index (κ1) is 21.9. The molecule has 0 bridgehead atoms. The molecule has 1 unspecified atom stereocenters. The maximum atomic E-state index is 14.9. The lowest BCUT2D eigenvalue weighted by Crippen LogP contribution is -2.26. The van der Waals surface area contributed by atoms with E-state index in [2.05, 4.69) is 20.2 Å². The second kappa shape index (κ2) is 8.92. The van der Waals surface area contributed by atoms with Crippen molar-refractivity contribution >= 4 is 17.3 Å². The van der Waals surface area contributed by atoms with Gasteiger partial charge in [-0.15, -0.1) is 0 Å². The number of nitrogens with zero attached hydrogens (tertiary/aromatic N) is 3. The molecule has 29 heavy (non-hydrogen) atoms. The summed E-state index contributed by atoms with van der Waals surface area (Å²) < 4.78 is 14.9. The zero-order valence-electron chi connectivity index (χ0n) is 17.0. The van der Waals surface area contributed by atoms with Crippen LogP contribution in [0.4, 0.5) is 10.1 Å². The minimum absolute atomic E-state index is 0.0236. The first-order valence-electron chi connectivity index (χ1n) is 9.78. The molecule has 3 heterocycles. The highest BCUT2D eigenvalue weighted by molar-refractivity contribution is 6.29. The molecule has 3 N–H and O–H groups in total. The fraction of sp³-hybridized carbons (Fsp3) is 0.524. The SMILES string of the molecule is C[C@@H](CCO)Nc1cc(Cl)ncc1-c1ncc(CN2CC(O)C(C)(C)C2)cc1F. The molecule has 158 valence electrons. The van der Waals surface area contributed by atoms with Gasteiger partial charge in [0.2, 0.25) is 0 Å². The fourth-order valence-corrected chi connectivity index (χ4v) is 3.81. The number of likely N-dealkylation sites (tertiary alicyclic amines) is 1. The van der Waals surface area contributed by atoms with E-state index in [-0.39, 0.29) is 23.8 Å². The van der Waals surface area contributed by atoms with Gasteiger partial charge in [0.1, 0.15) is 16.7 Å². The zero-order chi connectivity index (χ0) is 21.2. The van der Waals surface area contributed by atoms with Gasteiger partial charge in [0.25, 0.3) is 0 Å². The monoisotopic (exact) mass is 422 g/mol. The van der Waals surface area contributed by atoms with Crippen molar-refractivity contribution < 1.29 is 14.6 Å². The van der Waals surface area contributed by atoms with Crippen LogP contribution in [-0.4, -0.2) is 56.9 Å². The predicted octanol–water partition coefficient (Wildman–Crippen LogP) is 3.32. The van der Waals surface area contributed by atoms with Crippen LogP contribution in [0.15, 0.2) is 24.5 Å². The summed E-state index contributed by atoms with van der Waals surface area (Å²) in [4.78, 5) is 10.5. The van der Waals surface area contributed by atoms with Gasteiger partial charge in [-0.3, -0.25) is 9.88 Å². The number of aromatic nitrogens is 2. The number of hydrogen-bond acceptors (Lipinski definition) is 6. The van der Waals surface area contributed by atoms with Crippen molar-refractivity contribution in [3.05, 3.63) is 41.1 Å². The van der Waals surface area contributed by atoms with Gasteiger partial charge >= 0.3 is 0 Å². The highest BCUT2D eigenvalue weighted by atomic mass is 35.5. The summed E-state index contributed by atoms with van der Waals surface area (Å²) in [6.45, 7) is 7.86. The number of aliphatic hydroxyl groups excluding tert-OH is 2. The molecule has 1 aliphatic rings. The van der Waals surface area contributed by atoms with Gasteiger partial charge < -0.3 is 15.5 Å². The number of nitrogens with one attached hydrogen (secondary N) is 1. The summed E-state index contributed by atoms with van der Waals surface area (Å²) in [5.74, 6) is -0.441. The van der Waals surface area contributed by atoms with E-state index >= 15 is 0 Å². The summed E-state index contributed by atoms with van der Waals surface area (Å²) in [5, 5.41) is 22.8. The average molecular weight is 423 g/mol. The third kappa shape index (κ3) is 5.22. The molecule has 1 saturated heterocycles. The number of rotatable bonds is 7. The van der Waals surface area contributed by atoms with E-state index in [9.17, 15) is 9.50 Å². The molecule has 0 saturated carbocycles. The number of halogens is 2. The molecular weight excluding hydrogens is 395 g/mol. The Morgan fingerprint density at radius 1 is 1.34 bits per heavy atom. The topological polar surface area (TPSA) is 81.5 Å². The quantitative estimate of drug-likeness (QED) is 0.594. The van der Waals surface area contributed by atoms with Crippen LogP contribution >= 0.6 is 11.6 Å². The molecule has 0 spiro atoms. The van der Waals surface area contributed by atoms with E-state index in [1.54, 1.807) is 12.3 Å². The molecule has 0 amide bonds. The van der Waals surface area contributed by atoms with E-state index in [0.717, 1.165) is 12.1 Å². The maximum Gasteiger partial charge on any atom is 0.149 e. The number of anilines is 1. The van der Waals surface area contributed by atoms with Gasteiger partial charge in [-0.05, 0) is 31.0 Å². The van der Waals surface area contributed by atoms with Crippen LogP contribution in [0, 0.1) is 11.2 Å². The lowest BCUT2D eigenvalue weighted by Gasteiger charge is -2.21. The van der Waals surface area contributed by atoms with Crippen LogP contribution in [0.1, 0.15) is 32.8 Å². The smallest absolute Gasteiger partial charge is 0.149 e. The number of hydrogen-bond donors (Lipinski definition) is 3. The van der Waals surface area contributed by atoms with Crippen molar-refractivity contribution in [2.24, 2.45) is 5.41 Å². The van der Waals surface area contributed by atoms with E-state index < -0.39 is 11.9 Å². The Morgan fingerprint density at radius 3 is 2.72 bits per heavy atom. The first-order chi connectivity index (χ1) is 13.7. The van der Waals surface area contributed by atoms with Gasteiger partial charge in [0.15, 0.2) is 0 Å². The summed E-state index contributed by atoms with van der Waals surface area (Å²) in [6, 6.07) is 3.09. The molecule has 0 aliphatic carbocycles. The standard InChI is InChI=1S/C21H28ClFN4O2/c1-13(4-5-28)26-17-7-19(22)24-9-15(17)20-16(23)6-14(8-25-20)10-27-11-18(29)21(2,3)12-27/h6-9,13,18,28-29H,4-5,10-12H2,1-3H3,(H,24,26)/t13-,18?/m0/s1. The fourth-order valence-electron chi connectivity index (χ4n) is 3.65. The molecule has 1 aliphatic heterocycles. The largest absolute Gasteiger partial charge is 0.396 e. The van der Waals surface area contributed by atoms with E-state index in [4.69, 9.17) is 16.7 Å². The highest BCUT2D eigenvalue weighted by Crippen LogP contribution is 2.32. The van der Waals surface area contributed by atoms with Crippen molar-refractivity contribution in [1.29, 1.82) is 0 Å². The lowest BCUT2D eigenvalue weighted by atomic mass is 9.90. The Labute approximate surface area is 175 Å². The second-order valence-electron chi connectivity index (χ2n) is 8.46. The molecule has 2 aromatic rings. The Morgan fingerprint density at radius 2 is 2.10 bits per heavy atom. The molecule has 2 aromatic heterocycles. The molecule has 0 radical (unpaired) electrons. The Bertz CT molecular complexity index is 865. The van der Waals surface area contributed by atoms with Crippen molar-refractivity contribution in [2.45, 2.75) is 45.9 Å². The molecule has 3 rings (SSSR count). The first-order valence-corrected chi connectivity index (χ1v) is 10.2. The number of β-amino-alcohol motifs (C(OH)–C–C–N with tert-alkyl or cyclic N) is 1. The summed E-state index contributed by atoms with van der Waals surface area (Å²) in [5.41, 5.74) is 1.90. The third-order valence-corrected chi connectivity index (χ3v) is 5.56. The summed E-state index contributed by atoms with van der Waals surface area (Å²) >= 11 is 6.02. The molecule has 8 heteroatoms. The van der Waals surface area contributed by atoms with Crippen molar-refractivity contribution in [1.82, 2.24) is 14.9 Å². The Balaban J connectivity index is 1.82. The molecular formula is C21H28ClFN4O2. The van der Waals surface area contributed by atoms with Crippen LogP contribution in [0.5, 0.6) is 0 Å². The minimum Gasteiger partial charge on any atom is -0.396 e. The molecule has 0 aromatic carbocycles. The van der Waals surface area contributed by atoms with Crippen molar-refractivity contribution in [2.75, 3.05) is 25.0 Å². The lowest BCUT2D eigenvalue weighted by molar-refractivity contribution is 0.0954. The Kier molecular flexibility index (Phi) is 6.73. The molecule has 1 fully saturated rings. The normalized spacial score (nSPS) is 20.0. The summed E-state index contributed by atoms with van der Waals surface area (Å²) in [7, 11) is 0. The van der Waals surface area contributed by atoms with Crippen molar-refractivity contribution in [3.63, 3.8) is 0 Å². The van der Waals surface area contributed by atoms with E-state index in [1.807, 2.05) is 20.8 Å². The highest BCUT2D eigenvalue weighted by Gasteiger charge is 2.37. The van der Waals surface area contributed by atoms with E-state index in [1.165, 1.54) is 12.3 Å². The summed E-state index contributed by atoms with van der Waals surface area (Å²) in [6.07, 6.45) is 3.31. The minimum atomic E-state index is -0.441. The zero-order valence-corrected chi connectivity index (χ0v) is 17.7. The van der Waals surface area contributed by atoms with Crippen LogP contribution in [0.3, 0.4) is 0 Å². The van der Waals surface area contributed by atoms with Crippen LogP contribution in [0.25, 0.3) is 11.3 Å². The van der Waals surface area contributed by atoms with Crippen molar-refractivity contribution in [3.8, 4) is 11.3 Å². The van der Waals surface area contributed by atoms with Gasteiger partial charge in [-0.25, -0.2) is 9.37 Å². The molecule has 2 atom stereocenters. The van der Waals surface area contributed by atoms with Gasteiger partial charge in [0.05, 0.1) is 6.10 Å². The second-order valence-corrected chi connectivity index (χ2v) is 8.85.